The molecule has 1 aliphatic heterocycles. The van der Waals surface area contributed by atoms with E-state index in [0.717, 1.165) is 18.7 Å². The van der Waals surface area contributed by atoms with Crippen LogP contribution in [-0.4, -0.2) is 50.4 Å². The van der Waals surface area contributed by atoms with Crippen molar-refractivity contribution in [2.24, 2.45) is 0 Å². The summed E-state index contributed by atoms with van der Waals surface area (Å²) in [5, 5.41) is 6.89. The van der Waals surface area contributed by atoms with E-state index in [9.17, 15) is 4.79 Å². The minimum absolute atomic E-state index is 0.0514. The summed E-state index contributed by atoms with van der Waals surface area (Å²) in [5.41, 5.74) is 9.15. The molecule has 0 saturated carbocycles. The molecule has 0 atom stereocenters. The standard InChI is InChI=1S/C19H17N5O.CH2O2/c20-18-10-22-9-17(23-18)14-1-3-15(4-2-14)19(25)24-11-16(12-24)13-5-7-21-8-6-13;2-1-3/h1-10,16H,11-12H2,(H2,20,23);1H,(H,2,3). The summed E-state index contributed by atoms with van der Waals surface area (Å²) in [6.45, 7) is 1.23. The van der Waals surface area contributed by atoms with Gasteiger partial charge in [-0.15, -0.1) is 0 Å². The molecule has 0 radical (unpaired) electrons. The lowest BCUT2D eigenvalue weighted by Gasteiger charge is -2.39. The topological polar surface area (TPSA) is 122 Å². The maximum absolute atomic E-state index is 12.6. The number of aromatic nitrogens is 3. The quantitative estimate of drug-likeness (QED) is 0.670. The number of carboxylic acid groups (broad SMARTS) is 1. The minimum Gasteiger partial charge on any atom is -0.483 e. The number of carbonyl (C=O) groups is 2. The number of pyridine rings is 1. The average molecular weight is 377 g/mol. The highest BCUT2D eigenvalue weighted by molar-refractivity contribution is 5.95. The number of anilines is 1. The molecule has 0 unspecified atom stereocenters. The van der Waals surface area contributed by atoms with Crippen LogP contribution < -0.4 is 5.73 Å². The fraction of sp³-hybridized carbons (Fsp3) is 0.150. The number of rotatable bonds is 3. The molecule has 1 amide bonds. The third kappa shape index (κ3) is 4.29. The molecule has 3 heterocycles. The van der Waals surface area contributed by atoms with E-state index < -0.39 is 0 Å². The summed E-state index contributed by atoms with van der Waals surface area (Å²) in [7, 11) is 0. The molecule has 0 aliphatic carbocycles. The molecule has 3 N–H and O–H groups in total. The van der Waals surface area contributed by atoms with E-state index in [2.05, 4.69) is 15.0 Å². The van der Waals surface area contributed by atoms with Crippen molar-refractivity contribution in [2.75, 3.05) is 18.8 Å². The molecule has 2 aromatic heterocycles. The molecule has 1 aromatic carbocycles. The van der Waals surface area contributed by atoms with Crippen molar-refractivity contribution in [2.45, 2.75) is 5.92 Å². The molecule has 3 aromatic rings. The van der Waals surface area contributed by atoms with Crippen LogP contribution in [0.15, 0.2) is 61.2 Å². The largest absolute Gasteiger partial charge is 0.483 e. The molecular formula is C20H19N5O3. The van der Waals surface area contributed by atoms with Crippen LogP contribution in [-0.2, 0) is 4.79 Å². The van der Waals surface area contributed by atoms with Crippen LogP contribution in [0.2, 0.25) is 0 Å². The summed E-state index contributed by atoms with van der Waals surface area (Å²) < 4.78 is 0. The van der Waals surface area contributed by atoms with Crippen LogP contribution in [0.4, 0.5) is 5.82 Å². The van der Waals surface area contributed by atoms with Crippen molar-refractivity contribution in [3.63, 3.8) is 0 Å². The molecule has 0 spiro atoms. The second-order valence-electron chi connectivity index (χ2n) is 6.20. The monoisotopic (exact) mass is 377 g/mol. The molecule has 1 saturated heterocycles. The molecule has 0 bridgehead atoms. The SMILES string of the molecule is Nc1cncc(-c2ccc(C(=O)N3CC(c4ccncc4)C3)cc2)n1.O=CO. The van der Waals surface area contributed by atoms with Gasteiger partial charge in [0.15, 0.2) is 0 Å². The van der Waals surface area contributed by atoms with Crippen LogP contribution in [0.5, 0.6) is 0 Å². The lowest BCUT2D eigenvalue weighted by Crippen LogP contribution is -2.48. The van der Waals surface area contributed by atoms with Crippen LogP contribution in [0, 0.1) is 0 Å². The fourth-order valence-corrected chi connectivity index (χ4v) is 2.98. The number of likely N-dealkylation sites (tertiary alicyclic amines) is 1. The van der Waals surface area contributed by atoms with Crippen molar-refractivity contribution in [1.82, 2.24) is 19.9 Å². The van der Waals surface area contributed by atoms with Crippen molar-refractivity contribution >= 4 is 18.2 Å². The first-order chi connectivity index (χ1) is 13.6. The minimum atomic E-state index is -0.250. The highest BCUT2D eigenvalue weighted by atomic mass is 16.3. The van der Waals surface area contributed by atoms with Gasteiger partial charge in [0.25, 0.3) is 12.4 Å². The van der Waals surface area contributed by atoms with Gasteiger partial charge in [0.1, 0.15) is 5.82 Å². The van der Waals surface area contributed by atoms with Crippen LogP contribution >= 0.6 is 0 Å². The van der Waals surface area contributed by atoms with Gasteiger partial charge in [-0.3, -0.25) is 19.6 Å². The van der Waals surface area contributed by atoms with E-state index in [0.29, 0.717) is 23.0 Å². The van der Waals surface area contributed by atoms with Crippen LogP contribution in [0.25, 0.3) is 11.3 Å². The lowest BCUT2D eigenvalue weighted by molar-refractivity contribution is -0.122. The first kappa shape index (κ1) is 19.0. The van der Waals surface area contributed by atoms with Gasteiger partial charge >= 0.3 is 0 Å². The van der Waals surface area contributed by atoms with Crippen molar-refractivity contribution < 1.29 is 14.7 Å². The Morgan fingerprint density at radius 2 is 1.71 bits per heavy atom. The summed E-state index contributed by atoms with van der Waals surface area (Å²) in [6.07, 6.45) is 6.74. The zero-order valence-electron chi connectivity index (χ0n) is 15.0. The Balaban J connectivity index is 0.000000706. The second kappa shape index (κ2) is 8.72. The second-order valence-corrected chi connectivity index (χ2v) is 6.20. The molecule has 8 nitrogen and oxygen atoms in total. The lowest BCUT2D eigenvalue weighted by atomic mass is 9.91. The summed E-state index contributed by atoms with van der Waals surface area (Å²) >= 11 is 0. The van der Waals surface area contributed by atoms with E-state index in [1.54, 1.807) is 18.6 Å². The summed E-state index contributed by atoms with van der Waals surface area (Å²) in [5.74, 6) is 0.824. The number of benzene rings is 1. The predicted octanol–water partition coefficient (Wildman–Crippen LogP) is 2.06. The van der Waals surface area contributed by atoms with Gasteiger partial charge in [0.2, 0.25) is 0 Å². The zero-order chi connectivity index (χ0) is 19.9. The molecule has 1 fully saturated rings. The Kier molecular flexibility index (Phi) is 5.91. The highest BCUT2D eigenvalue weighted by Gasteiger charge is 2.32. The van der Waals surface area contributed by atoms with E-state index in [-0.39, 0.29) is 12.4 Å². The first-order valence-electron chi connectivity index (χ1n) is 8.57. The third-order valence-electron chi connectivity index (χ3n) is 4.43. The van der Waals surface area contributed by atoms with Gasteiger partial charge in [-0.2, -0.15) is 0 Å². The van der Waals surface area contributed by atoms with Gasteiger partial charge < -0.3 is 15.7 Å². The maximum atomic E-state index is 12.6. The molecule has 28 heavy (non-hydrogen) atoms. The Labute approximate surface area is 161 Å². The van der Waals surface area contributed by atoms with E-state index in [1.807, 2.05) is 41.3 Å². The Morgan fingerprint density at radius 1 is 1.07 bits per heavy atom. The molecule has 4 rings (SSSR count). The van der Waals surface area contributed by atoms with E-state index >= 15 is 0 Å². The molecule has 8 heteroatoms. The van der Waals surface area contributed by atoms with Gasteiger partial charge in [-0.1, -0.05) is 12.1 Å². The summed E-state index contributed by atoms with van der Waals surface area (Å²) in [6, 6.07) is 11.4. The smallest absolute Gasteiger partial charge is 0.290 e. The molecule has 142 valence electrons. The Bertz CT molecular complexity index is 942. The average Bonchev–Trinajstić information content (AvgIpc) is 2.68. The number of hydrogen-bond acceptors (Lipinski definition) is 6. The fourth-order valence-electron chi connectivity index (χ4n) is 2.98. The van der Waals surface area contributed by atoms with Crippen molar-refractivity contribution in [3.8, 4) is 11.3 Å². The van der Waals surface area contributed by atoms with E-state index in [4.69, 9.17) is 15.6 Å². The summed E-state index contributed by atoms with van der Waals surface area (Å²) in [4.78, 5) is 35.1. The Morgan fingerprint density at radius 3 is 2.32 bits per heavy atom. The maximum Gasteiger partial charge on any atom is 0.290 e. The van der Waals surface area contributed by atoms with Crippen LogP contribution in [0.3, 0.4) is 0 Å². The van der Waals surface area contributed by atoms with Gasteiger partial charge in [-0.25, -0.2) is 4.98 Å². The normalized spacial score (nSPS) is 13.1. The predicted molar refractivity (Wildman–Crippen MR) is 103 cm³/mol. The Hall–Kier alpha value is -3.81. The van der Waals surface area contributed by atoms with Crippen molar-refractivity contribution in [3.05, 3.63) is 72.3 Å². The number of nitrogen functional groups attached to an aromatic ring is 1. The number of hydrogen-bond donors (Lipinski definition) is 2. The van der Waals surface area contributed by atoms with Gasteiger partial charge in [-0.05, 0) is 29.8 Å². The number of nitrogens with two attached hydrogens (primary N) is 1. The van der Waals surface area contributed by atoms with E-state index in [1.165, 1.54) is 11.8 Å². The molecule has 1 aliphatic rings. The number of nitrogens with zero attached hydrogens (tertiary/aromatic N) is 4. The number of amides is 1. The third-order valence-corrected chi connectivity index (χ3v) is 4.43. The van der Waals surface area contributed by atoms with Crippen molar-refractivity contribution in [1.29, 1.82) is 0 Å². The molecular weight excluding hydrogens is 358 g/mol. The van der Waals surface area contributed by atoms with Gasteiger partial charge in [0, 0.05) is 42.5 Å². The highest BCUT2D eigenvalue weighted by Crippen LogP contribution is 2.28. The van der Waals surface area contributed by atoms with Crippen LogP contribution in [0.1, 0.15) is 21.8 Å². The van der Waals surface area contributed by atoms with Gasteiger partial charge in [0.05, 0.1) is 18.1 Å². The number of carbonyl (C=O) groups excluding carboxylic acids is 1. The zero-order valence-corrected chi connectivity index (χ0v) is 15.0. The first-order valence-corrected chi connectivity index (χ1v) is 8.57.